The van der Waals surface area contributed by atoms with Crippen LogP contribution in [0.1, 0.15) is 49.3 Å². The lowest BCUT2D eigenvalue weighted by Crippen LogP contribution is -2.47. The Kier molecular flexibility index (Phi) is 5.54. The highest BCUT2D eigenvalue weighted by Gasteiger charge is 2.23. The van der Waals surface area contributed by atoms with Gasteiger partial charge in [0.2, 0.25) is 0 Å². The summed E-state index contributed by atoms with van der Waals surface area (Å²) in [7, 11) is 0. The number of fused-ring (bicyclic) bond motifs is 1. The lowest BCUT2D eigenvalue weighted by Gasteiger charge is -2.36. The molecular weight excluding hydrogens is 392 g/mol. The van der Waals surface area contributed by atoms with Crippen LogP contribution in [0.5, 0.6) is 0 Å². The first-order valence-corrected chi connectivity index (χ1v) is 11.3. The molecule has 0 amide bonds. The molecule has 5 rings (SSSR count). The summed E-state index contributed by atoms with van der Waals surface area (Å²) in [6.45, 7) is 5.93. The lowest BCUT2D eigenvalue weighted by atomic mass is 10.1. The minimum absolute atomic E-state index is 0.0791. The maximum atomic E-state index is 12.9. The van der Waals surface area contributed by atoms with E-state index in [-0.39, 0.29) is 5.56 Å². The summed E-state index contributed by atoms with van der Waals surface area (Å²) < 4.78 is 7.38. The van der Waals surface area contributed by atoms with Crippen LogP contribution in [0.15, 0.2) is 45.9 Å². The van der Waals surface area contributed by atoms with Gasteiger partial charge in [0.05, 0.1) is 17.2 Å². The number of aliphatic hydroxyl groups is 1. The molecule has 31 heavy (non-hydrogen) atoms. The Balaban J connectivity index is 1.25. The average molecular weight is 423 g/mol. The second-order valence-corrected chi connectivity index (χ2v) is 8.85. The fourth-order valence-corrected chi connectivity index (χ4v) is 4.92. The molecule has 1 aromatic carbocycles. The quantitative estimate of drug-likeness (QED) is 0.680. The van der Waals surface area contributed by atoms with Crippen molar-refractivity contribution in [2.45, 2.75) is 44.8 Å². The predicted molar refractivity (Wildman–Crippen MR) is 121 cm³/mol. The Morgan fingerprint density at radius 1 is 1.13 bits per heavy atom. The third-order valence-corrected chi connectivity index (χ3v) is 6.74. The predicted octanol–water partition coefficient (Wildman–Crippen LogP) is 3.27. The van der Waals surface area contributed by atoms with Gasteiger partial charge in [-0.25, -0.2) is 4.98 Å². The number of hydrogen-bond donors (Lipinski definition) is 1. The standard InChI is InChI=1S/C24H30N4O3/c1-17-6-9-23(31-17)22(29)15-26-10-12-27(13-11-26)19-7-8-20-21(14-19)25-16-28(24(20)30)18-4-2-3-5-18/h6-9,14,16,18,22,29H,2-5,10-13,15H2,1H3. The van der Waals surface area contributed by atoms with Crippen molar-refractivity contribution in [2.24, 2.45) is 0 Å². The summed E-state index contributed by atoms with van der Waals surface area (Å²) in [5.41, 5.74) is 1.94. The normalized spacial score (nSPS) is 19.4. The van der Waals surface area contributed by atoms with Crippen LogP contribution in [0.4, 0.5) is 5.69 Å². The van der Waals surface area contributed by atoms with Gasteiger partial charge in [-0.1, -0.05) is 12.8 Å². The molecule has 2 fully saturated rings. The molecule has 7 heteroatoms. The van der Waals surface area contributed by atoms with Crippen molar-refractivity contribution in [3.8, 4) is 0 Å². The highest BCUT2D eigenvalue weighted by atomic mass is 16.4. The molecule has 164 valence electrons. The fourth-order valence-electron chi connectivity index (χ4n) is 4.92. The van der Waals surface area contributed by atoms with Gasteiger partial charge in [0.1, 0.15) is 17.6 Å². The number of benzene rings is 1. The number of piperazine rings is 1. The van der Waals surface area contributed by atoms with E-state index in [1.807, 2.05) is 41.8 Å². The van der Waals surface area contributed by atoms with Gasteiger partial charge in [-0.3, -0.25) is 14.3 Å². The average Bonchev–Trinajstić information content (AvgIpc) is 3.46. The second kappa shape index (κ2) is 8.48. The van der Waals surface area contributed by atoms with Crippen LogP contribution in [0.2, 0.25) is 0 Å². The van der Waals surface area contributed by atoms with Crippen molar-refractivity contribution in [1.82, 2.24) is 14.5 Å². The lowest BCUT2D eigenvalue weighted by molar-refractivity contribution is 0.0908. The number of aryl methyl sites for hydroxylation is 1. The summed E-state index contributed by atoms with van der Waals surface area (Å²) in [5, 5.41) is 11.1. The van der Waals surface area contributed by atoms with Crippen LogP contribution >= 0.6 is 0 Å². The molecule has 1 saturated heterocycles. The van der Waals surface area contributed by atoms with E-state index in [0.29, 0.717) is 23.7 Å². The summed E-state index contributed by atoms with van der Waals surface area (Å²) in [6, 6.07) is 10.0. The van der Waals surface area contributed by atoms with Crippen LogP contribution in [0.3, 0.4) is 0 Å². The highest BCUT2D eigenvalue weighted by molar-refractivity contribution is 5.81. The molecular formula is C24H30N4O3. The smallest absolute Gasteiger partial charge is 0.261 e. The van der Waals surface area contributed by atoms with Gasteiger partial charge >= 0.3 is 0 Å². The number of anilines is 1. The Bertz CT molecular complexity index is 1110. The summed E-state index contributed by atoms with van der Waals surface area (Å²) >= 11 is 0. The van der Waals surface area contributed by atoms with E-state index in [9.17, 15) is 9.90 Å². The Morgan fingerprint density at radius 3 is 2.61 bits per heavy atom. The topological polar surface area (TPSA) is 74.7 Å². The first-order chi connectivity index (χ1) is 15.1. The minimum Gasteiger partial charge on any atom is -0.464 e. The fraction of sp³-hybridized carbons (Fsp3) is 0.500. The van der Waals surface area contributed by atoms with E-state index in [1.165, 1.54) is 12.8 Å². The molecule has 3 aromatic rings. The molecule has 2 aliphatic rings. The van der Waals surface area contributed by atoms with E-state index in [2.05, 4.69) is 14.8 Å². The molecule has 1 atom stereocenters. The molecule has 0 radical (unpaired) electrons. The van der Waals surface area contributed by atoms with Crippen molar-refractivity contribution in [3.05, 3.63) is 58.5 Å². The maximum absolute atomic E-state index is 12.9. The van der Waals surface area contributed by atoms with Crippen LogP contribution in [-0.4, -0.2) is 52.3 Å². The summed E-state index contributed by atoms with van der Waals surface area (Å²) in [4.78, 5) is 22.1. The van der Waals surface area contributed by atoms with E-state index in [4.69, 9.17) is 4.42 Å². The Morgan fingerprint density at radius 2 is 1.90 bits per heavy atom. The van der Waals surface area contributed by atoms with Gasteiger partial charge in [0, 0.05) is 44.5 Å². The molecule has 0 spiro atoms. The van der Waals surface area contributed by atoms with Gasteiger partial charge in [-0.2, -0.15) is 0 Å². The molecule has 1 unspecified atom stereocenters. The van der Waals surface area contributed by atoms with Crippen molar-refractivity contribution in [3.63, 3.8) is 0 Å². The third kappa shape index (κ3) is 4.12. The van der Waals surface area contributed by atoms with Gasteiger partial charge in [0.25, 0.3) is 5.56 Å². The van der Waals surface area contributed by atoms with E-state index < -0.39 is 6.10 Å². The first kappa shape index (κ1) is 20.3. The molecule has 1 saturated carbocycles. The van der Waals surface area contributed by atoms with Crippen LogP contribution in [0.25, 0.3) is 10.9 Å². The van der Waals surface area contributed by atoms with Gasteiger partial charge in [-0.15, -0.1) is 0 Å². The number of aromatic nitrogens is 2. The number of β-amino-alcohol motifs (C(OH)–C–C–N with tert-alkyl or cyclic N) is 1. The van der Waals surface area contributed by atoms with Crippen molar-refractivity contribution >= 4 is 16.6 Å². The number of rotatable bonds is 5. The second-order valence-electron chi connectivity index (χ2n) is 8.85. The maximum Gasteiger partial charge on any atom is 0.261 e. The third-order valence-electron chi connectivity index (χ3n) is 6.74. The molecule has 7 nitrogen and oxygen atoms in total. The molecule has 1 aliphatic heterocycles. The number of nitrogens with zero attached hydrogens (tertiary/aromatic N) is 4. The molecule has 3 heterocycles. The van der Waals surface area contributed by atoms with Gasteiger partial charge < -0.3 is 14.4 Å². The minimum atomic E-state index is -0.604. The number of aliphatic hydroxyl groups excluding tert-OH is 1. The van der Waals surface area contributed by atoms with Crippen molar-refractivity contribution in [1.29, 1.82) is 0 Å². The SMILES string of the molecule is Cc1ccc(C(O)CN2CCN(c3ccc4c(=O)n(C5CCCC5)cnc4c3)CC2)o1. The van der Waals surface area contributed by atoms with Gasteiger partial charge in [0.15, 0.2) is 0 Å². The number of furan rings is 1. The zero-order valence-electron chi connectivity index (χ0n) is 18.0. The molecule has 0 bridgehead atoms. The van der Waals surface area contributed by atoms with Crippen LogP contribution in [0, 0.1) is 6.92 Å². The van der Waals surface area contributed by atoms with E-state index in [0.717, 1.165) is 56.0 Å². The zero-order valence-corrected chi connectivity index (χ0v) is 18.0. The van der Waals surface area contributed by atoms with Crippen molar-refractivity contribution < 1.29 is 9.52 Å². The Labute approximate surface area is 181 Å². The zero-order chi connectivity index (χ0) is 21.4. The molecule has 2 aromatic heterocycles. The summed E-state index contributed by atoms with van der Waals surface area (Å²) in [5.74, 6) is 1.45. The summed E-state index contributed by atoms with van der Waals surface area (Å²) in [6.07, 6.45) is 5.66. The van der Waals surface area contributed by atoms with E-state index in [1.54, 1.807) is 6.33 Å². The van der Waals surface area contributed by atoms with Gasteiger partial charge in [-0.05, 0) is 50.1 Å². The molecule has 1 aliphatic carbocycles. The van der Waals surface area contributed by atoms with Crippen molar-refractivity contribution in [2.75, 3.05) is 37.6 Å². The number of hydrogen-bond acceptors (Lipinski definition) is 6. The molecule has 1 N–H and O–H groups in total. The first-order valence-electron chi connectivity index (χ1n) is 11.3. The van der Waals surface area contributed by atoms with E-state index >= 15 is 0 Å². The highest BCUT2D eigenvalue weighted by Crippen LogP contribution is 2.29. The monoisotopic (exact) mass is 422 g/mol. The van der Waals surface area contributed by atoms with Crippen LogP contribution < -0.4 is 10.5 Å². The largest absolute Gasteiger partial charge is 0.464 e. The Hall–Kier alpha value is -2.64. The van der Waals surface area contributed by atoms with Crippen LogP contribution in [-0.2, 0) is 0 Å².